The summed E-state index contributed by atoms with van der Waals surface area (Å²) < 4.78 is 1.90. The normalized spacial score (nSPS) is 10.5. The van der Waals surface area contributed by atoms with E-state index in [4.69, 9.17) is 5.53 Å². The average Bonchev–Trinajstić information content (AvgIpc) is 2.94. The fraction of sp³-hybridized carbons (Fsp3) is 0.364. The van der Waals surface area contributed by atoms with Crippen LogP contribution < -0.4 is 0 Å². The summed E-state index contributed by atoms with van der Waals surface area (Å²) >= 11 is 1.64. The van der Waals surface area contributed by atoms with Crippen molar-refractivity contribution in [1.29, 1.82) is 0 Å². The van der Waals surface area contributed by atoms with E-state index in [1.807, 2.05) is 22.2 Å². The van der Waals surface area contributed by atoms with E-state index in [9.17, 15) is 0 Å². The highest BCUT2D eigenvalue weighted by molar-refractivity contribution is 7.08. The molecule has 0 aliphatic heterocycles. The third-order valence-corrected chi connectivity index (χ3v) is 3.10. The first-order chi connectivity index (χ1) is 8.22. The van der Waals surface area contributed by atoms with E-state index in [2.05, 4.69) is 34.4 Å². The lowest BCUT2D eigenvalue weighted by Gasteiger charge is -2.08. The number of azide groups is 1. The summed E-state index contributed by atoms with van der Waals surface area (Å²) in [4.78, 5) is 2.79. The van der Waals surface area contributed by atoms with Gasteiger partial charge in [0.1, 0.15) is 0 Å². The first kappa shape index (κ1) is 11.7. The minimum atomic E-state index is 0.256. The van der Waals surface area contributed by atoms with Gasteiger partial charge in [0.2, 0.25) is 0 Å². The Bertz CT molecular complexity index is 534. The van der Waals surface area contributed by atoms with Gasteiger partial charge >= 0.3 is 0 Å². The molecule has 88 valence electrons. The molecular weight excluding hydrogens is 234 g/mol. The van der Waals surface area contributed by atoms with E-state index < -0.39 is 0 Å². The Morgan fingerprint density at radius 1 is 1.59 bits per heavy atom. The molecule has 0 aromatic carbocycles. The molecule has 0 saturated carbocycles. The molecule has 6 heteroatoms. The predicted molar refractivity (Wildman–Crippen MR) is 68.8 cm³/mol. The van der Waals surface area contributed by atoms with Gasteiger partial charge in [-0.15, -0.1) is 0 Å². The molecule has 0 saturated heterocycles. The van der Waals surface area contributed by atoms with Gasteiger partial charge in [-0.2, -0.15) is 16.4 Å². The number of hydrogen-bond donors (Lipinski definition) is 0. The largest absolute Gasteiger partial charge is 0.266 e. The van der Waals surface area contributed by atoms with Crippen molar-refractivity contribution < 1.29 is 0 Å². The van der Waals surface area contributed by atoms with Crippen LogP contribution in [0.1, 0.15) is 25.6 Å². The molecule has 2 aromatic rings. The number of rotatable bonds is 4. The molecule has 0 fully saturated rings. The van der Waals surface area contributed by atoms with Crippen LogP contribution in [0.5, 0.6) is 0 Å². The average molecular weight is 247 g/mol. The van der Waals surface area contributed by atoms with Crippen LogP contribution in [0, 0.1) is 0 Å². The smallest absolute Gasteiger partial charge is 0.0934 e. The zero-order valence-electron chi connectivity index (χ0n) is 9.74. The Morgan fingerprint density at radius 3 is 3.00 bits per heavy atom. The van der Waals surface area contributed by atoms with E-state index in [0.29, 0.717) is 6.54 Å². The monoisotopic (exact) mass is 247 g/mol. The predicted octanol–water partition coefficient (Wildman–Crippen LogP) is 4.00. The molecule has 0 unspecified atom stereocenters. The highest BCUT2D eigenvalue weighted by Crippen LogP contribution is 2.23. The van der Waals surface area contributed by atoms with Gasteiger partial charge in [-0.05, 0) is 36.9 Å². The molecule has 0 N–H and O–H groups in total. The van der Waals surface area contributed by atoms with Gasteiger partial charge in [0.25, 0.3) is 0 Å². The van der Waals surface area contributed by atoms with Crippen LogP contribution in [0.2, 0.25) is 0 Å². The van der Waals surface area contributed by atoms with E-state index in [1.165, 1.54) is 0 Å². The molecule has 5 nitrogen and oxygen atoms in total. The number of nitrogens with zero attached hydrogens (tertiary/aromatic N) is 5. The summed E-state index contributed by atoms with van der Waals surface area (Å²) in [6, 6.07) is 4.28. The summed E-state index contributed by atoms with van der Waals surface area (Å²) in [7, 11) is 0. The second kappa shape index (κ2) is 5.03. The quantitative estimate of drug-likeness (QED) is 0.457. The third-order valence-electron chi connectivity index (χ3n) is 2.42. The van der Waals surface area contributed by atoms with Crippen LogP contribution in [0.3, 0.4) is 0 Å². The molecule has 2 aromatic heterocycles. The Hall–Kier alpha value is -1.78. The van der Waals surface area contributed by atoms with Crippen molar-refractivity contribution in [3.05, 3.63) is 39.0 Å². The lowest BCUT2D eigenvalue weighted by Crippen LogP contribution is -2.06. The Balaban J connectivity index is 2.40. The maximum Gasteiger partial charge on any atom is 0.0934 e. The molecule has 0 atom stereocenters. The minimum Gasteiger partial charge on any atom is -0.266 e. The lowest BCUT2D eigenvalue weighted by molar-refractivity contribution is 0.511. The molecule has 0 radical (unpaired) electrons. The molecule has 0 aliphatic rings. The van der Waals surface area contributed by atoms with E-state index in [-0.39, 0.29) is 6.04 Å². The molecular formula is C11H13N5S. The minimum absolute atomic E-state index is 0.256. The van der Waals surface area contributed by atoms with Crippen molar-refractivity contribution in [3.63, 3.8) is 0 Å². The maximum atomic E-state index is 8.38. The van der Waals surface area contributed by atoms with Gasteiger partial charge < -0.3 is 0 Å². The van der Waals surface area contributed by atoms with Gasteiger partial charge in [0.05, 0.1) is 12.2 Å². The summed E-state index contributed by atoms with van der Waals surface area (Å²) in [6.45, 7) is 4.46. The lowest BCUT2D eigenvalue weighted by atomic mass is 10.2. The second-order valence-corrected chi connectivity index (χ2v) is 4.74. The van der Waals surface area contributed by atoms with Gasteiger partial charge in [-0.3, -0.25) is 4.68 Å². The van der Waals surface area contributed by atoms with Crippen molar-refractivity contribution in [2.75, 3.05) is 0 Å². The molecule has 0 bridgehead atoms. The number of thiophene rings is 1. The van der Waals surface area contributed by atoms with Crippen molar-refractivity contribution in [1.82, 2.24) is 9.78 Å². The van der Waals surface area contributed by atoms with Crippen LogP contribution in [0.25, 0.3) is 21.7 Å². The Labute approximate surface area is 103 Å². The van der Waals surface area contributed by atoms with Crippen molar-refractivity contribution in [2.24, 2.45) is 5.11 Å². The highest BCUT2D eigenvalue weighted by atomic mass is 32.1. The molecule has 0 amide bonds. The van der Waals surface area contributed by atoms with Crippen LogP contribution in [0.4, 0.5) is 0 Å². The fourth-order valence-electron chi connectivity index (χ4n) is 1.65. The topological polar surface area (TPSA) is 66.6 Å². The van der Waals surface area contributed by atoms with Gasteiger partial charge in [0, 0.05) is 27.6 Å². The zero-order valence-corrected chi connectivity index (χ0v) is 10.6. The maximum absolute atomic E-state index is 8.38. The van der Waals surface area contributed by atoms with Crippen LogP contribution in [-0.4, -0.2) is 9.78 Å². The van der Waals surface area contributed by atoms with Crippen molar-refractivity contribution in [3.8, 4) is 11.3 Å². The summed E-state index contributed by atoms with van der Waals surface area (Å²) in [6.07, 6.45) is 0. The van der Waals surface area contributed by atoms with Crippen molar-refractivity contribution in [2.45, 2.75) is 26.4 Å². The summed E-state index contributed by atoms with van der Waals surface area (Å²) in [5, 5.41) is 12.2. The van der Waals surface area contributed by atoms with Gasteiger partial charge in [-0.1, -0.05) is 5.11 Å². The Kier molecular flexibility index (Phi) is 3.46. The summed E-state index contributed by atoms with van der Waals surface area (Å²) in [5.74, 6) is 0. The zero-order chi connectivity index (χ0) is 12.3. The van der Waals surface area contributed by atoms with E-state index >= 15 is 0 Å². The third kappa shape index (κ3) is 2.49. The molecule has 2 heterocycles. The first-order valence-corrected chi connectivity index (χ1v) is 6.28. The SMILES string of the molecule is CC(C)n1nc(-c2ccsc2)cc1CN=[N+]=[N-]. The molecule has 0 spiro atoms. The van der Waals surface area contributed by atoms with Gasteiger partial charge in [0.15, 0.2) is 0 Å². The first-order valence-electron chi connectivity index (χ1n) is 5.34. The van der Waals surface area contributed by atoms with E-state index in [1.54, 1.807) is 11.3 Å². The standard InChI is InChI=1S/C11H13N5S/c1-8(2)16-10(6-13-15-12)5-11(14-16)9-3-4-17-7-9/h3-5,7-8H,6H2,1-2H3. The number of aromatic nitrogens is 2. The highest BCUT2D eigenvalue weighted by Gasteiger charge is 2.11. The van der Waals surface area contributed by atoms with Gasteiger partial charge in [-0.25, -0.2) is 0 Å². The molecule has 2 rings (SSSR count). The van der Waals surface area contributed by atoms with Crippen LogP contribution in [0.15, 0.2) is 28.0 Å². The number of hydrogen-bond acceptors (Lipinski definition) is 3. The molecule has 17 heavy (non-hydrogen) atoms. The Morgan fingerprint density at radius 2 is 2.41 bits per heavy atom. The summed E-state index contributed by atoms with van der Waals surface area (Å²) in [5.41, 5.74) is 11.4. The van der Waals surface area contributed by atoms with Crippen LogP contribution in [-0.2, 0) is 6.54 Å². The van der Waals surface area contributed by atoms with Crippen LogP contribution >= 0.6 is 11.3 Å². The second-order valence-electron chi connectivity index (χ2n) is 3.96. The van der Waals surface area contributed by atoms with E-state index in [0.717, 1.165) is 17.0 Å². The molecule has 0 aliphatic carbocycles. The fourth-order valence-corrected chi connectivity index (χ4v) is 2.30. The van der Waals surface area contributed by atoms with Crippen molar-refractivity contribution >= 4 is 11.3 Å².